The van der Waals surface area contributed by atoms with Crippen LogP contribution in [0, 0.1) is 5.82 Å². The van der Waals surface area contributed by atoms with E-state index in [0.29, 0.717) is 20.3 Å². The van der Waals surface area contributed by atoms with E-state index >= 15 is 0 Å². The lowest BCUT2D eigenvalue weighted by atomic mass is 10.2. The molecule has 0 saturated carbocycles. The highest BCUT2D eigenvalue weighted by Gasteiger charge is 2.13. The molecular formula is C13H8Br2FNO3. The Bertz CT molecular complexity index is 641. The second-order valence-electron chi connectivity index (χ2n) is 3.87. The molecule has 0 saturated heterocycles. The van der Waals surface area contributed by atoms with Crippen LogP contribution in [-0.2, 0) is 6.61 Å². The van der Waals surface area contributed by atoms with Gasteiger partial charge in [-0.2, -0.15) is 0 Å². The topological polar surface area (TPSA) is 59.4 Å². The number of halogens is 3. The van der Waals surface area contributed by atoms with Crippen molar-refractivity contribution in [2.24, 2.45) is 0 Å². The minimum Gasteiger partial charge on any atom is -0.486 e. The summed E-state index contributed by atoms with van der Waals surface area (Å²) in [5.41, 5.74) is 0.703. The molecule has 0 aliphatic carbocycles. The van der Waals surface area contributed by atoms with Gasteiger partial charge in [0.05, 0.1) is 20.7 Å². The van der Waals surface area contributed by atoms with E-state index in [-0.39, 0.29) is 12.2 Å². The number of carboxylic acids is 1. The first-order valence-corrected chi connectivity index (χ1v) is 7.00. The summed E-state index contributed by atoms with van der Waals surface area (Å²) in [7, 11) is 0. The van der Waals surface area contributed by atoms with Gasteiger partial charge in [0.15, 0.2) is 0 Å². The second kappa shape index (κ2) is 6.32. The molecule has 7 heteroatoms. The van der Waals surface area contributed by atoms with Gasteiger partial charge >= 0.3 is 5.97 Å². The summed E-state index contributed by atoms with van der Waals surface area (Å²) in [6.45, 7) is 0.119. The number of pyridine rings is 1. The van der Waals surface area contributed by atoms with Gasteiger partial charge in [-0.05, 0) is 50.1 Å². The largest absolute Gasteiger partial charge is 0.486 e. The normalized spacial score (nSPS) is 10.3. The first kappa shape index (κ1) is 14.9. The number of benzene rings is 1. The molecule has 4 nitrogen and oxygen atoms in total. The fraction of sp³-hybridized carbons (Fsp3) is 0.0769. The summed E-state index contributed by atoms with van der Waals surface area (Å²) in [5.74, 6) is -1.03. The maximum Gasteiger partial charge on any atom is 0.335 e. The molecule has 0 aliphatic rings. The van der Waals surface area contributed by atoms with Crippen LogP contribution in [0.15, 0.2) is 39.5 Å². The molecule has 0 bridgehead atoms. The van der Waals surface area contributed by atoms with Crippen molar-refractivity contribution in [3.8, 4) is 5.75 Å². The molecule has 0 spiro atoms. The van der Waals surface area contributed by atoms with Crippen LogP contribution in [0.5, 0.6) is 5.75 Å². The zero-order chi connectivity index (χ0) is 14.7. The van der Waals surface area contributed by atoms with E-state index in [2.05, 4.69) is 36.8 Å². The molecule has 2 rings (SSSR count). The van der Waals surface area contributed by atoms with Gasteiger partial charge in [0.1, 0.15) is 18.2 Å². The highest BCUT2D eigenvalue weighted by atomic mass is 79.9. The van der Waals surface area contributed by atoms with E-state index in [1.54, 1.807) is 0 Å². The average molecular weight is 405 g/mol. The van der Waals surface area contributed by atoms with Crippen LogP contribution in [0.4, 0.5) is 4.39 Å². The fourth-order valence-electron chi connectivity index (χ4n) is 1.51. The number of nitrogens with zero attached hydrogens (tertiary/aromatic N) is 1. The van der Waals surface area contributed by atoms with Gasteiger partial charge in [0.25, 0.3) is 0 Å². The van der Waals surface area contributed by atoms with E-state index in [9.17, 15) is 9.18 Å². The van der Waals surface area contributed by atoms with Crippen LogP contribution < -0.4 is 4.74 Å². The molecule has 0 aliphatic heterocycles. The monoisotopic (exact) mass is 403 g/mol. The Morgan fingerprint density at radius 3 is 2.45 bits per heavy atom. The van der Waals surface area contributed by atoms with Gasteiger partial charge in [-0.3, -0.25) is 4.98 Å². The van der Waals surface area contributed by atoms with Crippen molar-refractivity contribution in [3.05, 3.63) is 56.5 Å². The predicted octanol–water partition coefficient (Wildman–Crippen LogP) is 4.02. The predicted molar refractivity (Wildman–Crippen MR) is 77.3 cm³/mol. The molecule has 0 fully saturated rings. The molecular weight excluding hydrogens is 397 g/mol. The Morgan fingerprint density at radius 2 is 1.90 bits per heavy atom. The van der Waals surface area contributed by atoms with Crippen molar-refractivity contribution in [1.29, 1.82) is 0 Å². The van der Waals surface area contributed by atoms with Crippen molar-refractivity contribution in [2.75, 3.05) is 0 Å². The number of hydrogen-bond acceptors (Lipinski definition) is 3. The van der Waals surface area contributed by atoms with Crippen LogP contribution in [0.2, 0.25) is 0 Å². The fourth-order valence-corrected chi connectivity index (χ4v) is 2.93. The third kappa shape index (κ3) is 3.55. The molecule has 1 aromatic heterocycles. The number of aromatic carboxylic acids is 1. The first-order chi connectivity index (χ1) is 9.47. The molecule has 0 amide bonds. The van der Waals surface area contributed by atoms with Gasteiger partial charge in [-0.25, -0.2) is 9.18 Å². The first-order valence-electron chi connectivity index (χ1n) is 5.42. The average Bonchev–Trinajstić information content (AvgIpc) is 2.37. The zero-order valence-corrected chi connectivity index (χ0v) is 13.1. The molecule has 20 heavy (non-hydrogen) atoms. The molecule has 1 N–H and O–H groups in total. The Kier molecular flexibility index (Phi) is 4.72. The van der Waals surface area contributed by atoms with Crippen LogP contribution in [-0.4, -0.2) is 16.1 Å². The summed E-state index contributed by atoms with van der Waals surface area (Å²) < 4.78 is 19.5. The summed E-state index contributed by atoms with van der Waals surface area (Å²) in [6, 6.07) is 4.19. The lowest BCUT2D eigenvalue weighted by Crippen LogP contribution is -2.01. The van der Waals surface area contributed by atoms with Gasteiger partial charge in [0.2, 0.25) is 0 Å². The smallest absolute Gasteiger partial charge is 0.335 e. The molecule has 104 valence electrons. The molecule has 1 aromatic carbocycles. The molecule has 0 unspecified atom stereocenters. The summed E-state index contributed by atoms with van der Waals surface area (Å²) >= 11 is 6.49. The zero-order valence-electron chi connectivity index (χ0n) is 9.94. The highest BCUT2D eigenvalue weighted by Crippen LogP contribution is 2.35. The van der Waals surface area contributed by atoms with Gasteiger partial charge in [-0.1, -0.05) is 0 Å². The van der Waals surface area contributed by atoms with Crippen molar-refractivity contribution >= 4 is 37.8 Å². The third-order valence-electron chi connectivity index (χ3n) is 2.39. The quantitative estimate of drug-likeness (QED) is 0.835. The van der Waals surface area contributed by atoms with E-state index in [0.717, 1.165) is 6.20 Å². The summed E-state index contributed by atoms with van der Waals surface area (Å²) in [4.78, 5) is 14.6. The molecule has 0 atom stereocenters. The van der Waals surface area contributed by atoms with E-state index in [4.69, 9.17) is 9.84 Å². The maximum absolute atomic E-state index is 13.0. The van der Waals surface area contributed by atoms with Crippen LogP contribution >= 0.6 is 31.9 Å². The SMILES string of the molecule is O=C(O)c1cc(Br)c(OCc2cncc(F)c2)c(Br)c1. The Labute approximate surface area is 130 Å². The van der Waals surface area contributed by atoms with Crippen molar-refractivity contribution < 1.29 is 19.0 Å². The van der Waals surface area contributed by atoms with E-state index in [1.165, 1.54) is 24.4 Å². The molecule has 0 radical (unpaired) electrons. The Morgan fingerprint density at radius 1 is 1.25 bits per heavy atom. The number of hydrogen-bond donors (Lipinski definition) is 1. The van der Waals surface area contributed by atoms with Crippen LogP contribution in [0.1, 0.15) is 15.9 Å². The molecule has 1 heterocycles. The van der Waals surface area contributed by atoms with Gasteiger partial charge < -0.3 is 9.84 Å². The van der Waals surface area contributed by atoms with Crippen LogP contribution in [0.25, 0.3) is 0 Å². The number of carboxylic acid groups (broad SMARTS) is 1. The number of aromatic nitrogens is 1. The van der Waals surface area contributed by atoms with Crippen LogP contribution in [0.3, 0.4) is 0 Å². The van der Waals surface area contributed by atoms with Gasteiger partial charge in [-0.15, -0.1) is 0 Å². The van der Waals surface area contributed by atoms with Crippen molar-refractivity contribution in [2.45, 2.75) is 6.61 Å². The number of rotatable bonds is 4. The van der Waals surface area contributed by atoms with E-state index in [1.807, 2.05) is 0 Å². The third-order valence-corrected chi connectivity index (χ3v) is 3.57. The molecule has 2 aromatic rings. The van der Waals surface area contributed by atoms with Crippen molar-refractivity contribution in [3.63, 3.8) is 0 Å². The lowest BCUT2D eigenvalue weighted by molar-refractivity contribution is 0.0696. The summed E-state index contributed by atoms with van der Waals surface area (Å²) in [6.07, 6.45) is 2.60. The lowest BCUT2D eigenvalue weighted by Gasteiger charge is -2.11. The maximum atomic E-state index is 13.0. The second-order valence-corrected chi connectivity index (χ2v) is 5.58. The minimum atomic E-state index is -1.03. The number of ether oxygens (including phenoxy) is 1. The van der Waals surface area contributed by atoms with Gasteiger partial charge in [0, 0.05) is 11.8 Å². The van der Waals surface area contributed by atoms with E-state index < -0.39 is 11.8 Å². The van der Waals surface area contributed by atoms with Crippen molar-refractivity contribution in [1.82, 2.24) is 4.98 Å². The Balaban J connectivity index is 2.20. The summed E-state index contributed by atoms with van der Waals surface area (Å²) in [5, 5.41) is 8.93. The number of carbonyl (C=O) groups is 1. The standard InChI is InChI=1S/C13H8Br2FNO3/c14-10-2-8(13(18)19)3-11(15)12(10)20-6-7-1-9(16)5-17-4-7/h1-5H,6H2,(H,18,19). The Hall–Kier alpha value is -1.47. The highest BCUT2D eigenvalue weighted by molar-refractivity contribution is 9.11. The minimum absolute atomic E-state index is 0.119.